The summed E-state index contributed by atoms with van der Waals surface area (Å²) in [6.45, 7) is 8.51. The lowest BCUT2D eigenvalue weighted by molar-refractivity contribution is -0.126. The van der Waals surface area contributed by atoms with Crippen LogP contribution in [0.2, 0.25) is 0 Å². The maximum atomic E-state index is 12.5. The van der Waals surface area contributed by atoms with Gasteiger partial charge in [-0.1, -0.05) is 33.1 Å². The number of carbonyl (C=O) groups is 1. The third-order valence-corrected chi connectivity index (χ3v) is 5.04. The second-order valence-electron chi connectivity index (χ2n) is 7.17. The normalized spacial score (nSPS) is 17.1. The summed E-state index contributed by atoms with van der Waals surface area (Å²) in [5.41, 5.74) is 3.56. The van der Waals surface area contributed by atoms with Gasteiger partial charge in [-0.15, -0.1) is 0 Å². The van der Waals surface area contributed by atoms with Crippen LogP contribution in [0, 0.1) is 12.8 Å². The van der Waals surface area contributed by atoms with Gasteiger partial charge >= 0.3 is 0 Å². The second kappa shape index (κ2) is 7.85. The fourth-order valence-electron chi connectivity index (χ4n) is 3.58. The summed E-state index contributed by atoms with van der Waals surface area (Å²) in [6, 6.07) is 4.33. The summed E-state index contributed by atoms with van der Waals surface area (Å²) in [5, 5.41) is 3.23. The SMILES string of the molecule is COc1cc(C)c(C(C)NC(=O)C2CCCCC2)cc1C(C)C. The minimum absolute atomic E-state index is 0.0350. The molecule has 1 aromatic carbocycles. The highest BCUT2D eigenvalue weighted by Gasteiger charge is 2.23. The predicted octanol–water partition coefficient (Wildman–Crippen LogP) is 4.88. The zero-order valence-corrected chi connectivity index (χ0v) is 15.2. The fourth-order valence-corrected chi connectivity index (χ4v) is 3.58. The number of hydrogen-bond acceptors (Lipinski definition) is 2. The van der Waals surface area contributed by atoms with Crippen LogP contribution in [0.25, 0.3) is 0 Å². The van der Waals surface area contributed by atoms with Crippen molar-refractivity contribution < 1.29 is 9.53 Å². The molecule has 128 valence electrons. The maximum absolute atomic E-state index is 12.5. The van der Waals surface area contributed by atoms with Crippen LogP contribution in [0.5, 0.6) is 5.75 Å². The van der Waals surface area contributed by atoms with Crippen molar-refractivity contribution >= 4 is 5.91 Å². The van der Waals surface area contributed by atoms with Crippen LogP contribution in [0.3, 0.4) is 0 Å². The number of amides is 1. The Morgan fingerprint density at radius 2 is 1.78 bits per heavy atom. The predicted molar refractivity (Wildman–Crippen MR) is 95.0 cm³/mol. The molecule has 0 radical (unpaired) electrons. The Balaban J connectivity index is 2.16. The van der Waals surface area contributed by atoms with Gasteiger partial charge in [-0.3, -0.25) is 4.79 Å². The van der Waals surface area contributed by atoms with Gasteiger partial charge < -0.3 is 10.1 Å². The van der Waals surface area contributed by atoms with E-state index in [2.05, 4.69) is 45.1 Å². The van der Waals surface area contributed by atoms with E-state index in [1.807, 2.05) is 0 Å². The lowest BCUT2D eigenvalue weighted by Crippen LogP contribution is -2.34. The van der Waals surface area contributed by atoms with Crippen LogP contribution < -0.4 is 10.1 Å². The van der Waals surface area contributed by atoms with Crippen molar-refractivity contribution in [2.24, 2.45) is 5.92 Å². The van der Waals surface area contributed by atoms with Crippen LogP contribution in [-0.2, 0) is 4.79 Å². The molecule has 1 amide bonds. The number of methoxy groups -OCH3 is 1. The van der Waals surface area contributed by atoms with Gasteiger partial charge in [0.15, 0.2) is 0 Å². The monoisotopic (exact) mass is 317 g/mol. The van der Waals surface area contributed by atoms with Crippen LogP contribution >= 0.6 is 0 Å². The zero-order chi connectivity index (χ0) is 17.0. The van der Waals surface area contributed by atoms with Crippen molar-refractivity contribution in [1.82, 2.24) is 5.32 Å². The van der Waals surface area contributed by atoms with Crippen LogP contribution in [-0.4, -0.2) is 13.0 Å². The summed E-state index contributed by atoms with van der Waals surface area (Å²) in [4.78, 5) is 12.5. The molecule has 0 aromatic heterocycles. The molecule has 0 heterocycles. The minimum atomic E-state index is 0.0350. The maximum Gasteiger partial charge on any atom is 0.223 e. The quantitative estimate of drug-likeness (QED) is 0.840. The Kier molecular flexibility index (Phi) is 6.09. The van der Waals surface area contributed by atoms with Crippen LogP contribution in [0.15, 0.2) is 12.1 Å². The van der Waals surface area contributed by atoms with E-state index in [4.69, 9.17) is 4.74 Å². The standard InChI is InChI=1S/C20H31NO2/c1-13(2)17-12-18(14(3)11-19(17)23-5)15(4)21-20(22)16-9-7-6-8-10-16/h11-13,15-16H,6-10H2,1-5H3,(H,21,22). The van der Waals surface area contributed by atoms with E-state index >= 15 is 0 Å². The Labute approximate surface area is 140 Å². The Morgan fingerprint density at radius 3 is 2.35 bits per heavy atom. The molecule has 1 N–H and O–H groups in total. The molecule has 0 saturated heterocycles. The highest BCUT2D eigenvalue weighted by molar-refractivity contribution is 5.79. The van der Waals surface area contributed by atoms with Gasteiger partial charge in [0.25, 0.3) is 0 Å². The summed E-state index contributed by atoms with van der Waals surface area (Å²) in [6.07, 6.45) is 5.72. The first-order chi connectivity index (χ1) is 10.9. The average molecular weight is 317 g/mol. The van der Waals surface area contributed by atoms with E-state index in [0.717, 1.165) is 18.6 Å². The van der Waals surface area contributed by atoms with Gasteiger partial charge in [0, 0.05) is 5.92 Å². The summed E-state index contributed by atoms with van der Waals surface area (Å²) >= 11 is 0. The van der Waals surface area contributed by atoms with Gasteiger partial charge in [0.05, 0.1) is 13.2 Å². The molecule has 1 fully saturated rings. The summed E-state index contributed by atoms with van der Waals surface area (Å²) in [7, 11) is 1.72. The first-order valence-corrected chi connectivity index (χ1v) is 8.92. The molecule has 1 saturated carbocycles. The average Bonchev–Trinajstić information content (AvgIpc) is 2.54. The number of benzene rings is 1. The molecule has 0 spiro atoms. The molecule has 23 heavy (non-hydrogen) atoms. The Bertz CT molecular complexity index is 545. The number of aryl methyl sites for hydroxylation is 1. The highest BCUT2D eigenvalue weighted by atomic mass is 16.5. The third-order valence-electron chi connectivity index (χ3n) is 5.04. The topological polar surface area (TPSA) is 38.3 Å². The minimum Gasteiger partial charge on any atom is -0.496 e. The molecule has 3 heteroatoms. The van der Waals surface area contributed by atoms with Crippen LogP contribution in [0.1, 0.15) is 81.5 Å². The zero-order valence-electron chi connectivity index (χ0n) is 15.2. The first-order valence-electron chi connectivity index (χ1n) is 8.92. The number of carbonyl (C=O) groups excluding carboxylic acids is 1. The largest absolute Gasteiger partial charge is 0.496 e. The van der Waals surface area contributed by atoms with E-state index in [9.17, 15) is 4.79 Å². The van der Waals surface area contributed by atoms with Gasteiger partial charge in [-0.25, -0.2) is 0 Å². The first kappa shape index (κ1) is 17.8. The fraction of sp³-hybridized carbons (Fsp3) is 0.650. The van der Waals surface area contributed by atoms with Gasteiger partial charge in [0.1, 0.15) is 5.75 Å². The number of rotatable bonds is 5. The van der Waals surface area contributed by atoms with Crippen molar-refractivity contribution in [3.63, 3.8) is 0 Å². The summed E-state index contributed by atoms with van der Waals surface area (Å²) in [5.74, 6) is 1.76. The van der Waals surface area contributed by atoms with Crippen molar-refractivity contribution in [2.45, 2.75) is 71.8 Å². The number of nitrogens with one attached hydrogen (secondary N) is 1. The lowest BCUT2D eigenvalue weighted by Gasteiger charge is -2.25. The molecule has 1 aliphatic rings. The molecule has 1 unspecified atom stereocenters. The molecule has 0 bridgehead atoms. The molecular weight excluding hydrogens is 286 g/mol. The van der Waals surface area contributed by atoms with Crippen molar-refractivity contribution in [3.8, 4) is 5.75 Å². The highest BCUT2D eigenvalue weighted by Crippen LogP contribution is 2.32. The van der Waals surface area contributed by atoms with E-state index in [1.54, 1.807) is 7.11 Å². The van der Waals surface area contributed by atoms with Crippen LogP contribution in [0.4, 0.5) is 0 Å². The molecule has 1 atom stereocenters. The van der Waals surface area contributed by atoms with Crippen molar-refractivity contribution in [2.75, 3.05) is 7.11 Å². The summed E-state index contributed by atoms with van der Waals surface area (Å²) < 4.78 is 5.51. The smallest absolute Gasteiger partial charge is 0.223 e. The lowest BCUT2D eigenvalue weighted by atomic mass is 9.88. The Hall–Kier alpha value is -1.51. The van der Waals surface area contributed by atoms with Gasteiger partial charge in [0.2, 0.25) is 5.91 Å². The molecule has 3 nitrogen and oxygen atoms in total. The second-order valence-corrected chi connectivity index (χ2v) is 7.17. The molecule has 1 aliphatic carbocycles. The van der Waals surface area contributed by atoms with Crippen molar-refractivity contribution in [3.05, 3.63) is 28.8 Å². The van der Waals surface area contributed by atoms with Gasteiger partial charge in [-0.05, 0) is 61.4 Å². The van der Waals surface area contributed by atoms with E-state index in [0.29, 0.717) is 5.92 Å². The molecule has 0 aliphatic heterocycles. The third kappa shape index (κ3) is 4.27. The number of hydrogen-bond donors (Lipinski definition) is 1. The molecular formula is C20H31NO2. The van der Waals surface area contributed by atoms with Gasteiger partial charge in [-0.2, -0.15) is 0 Å². The van der Waals surface area contributed by atoms with E-state index < -0.39 is 0 Å². The molecule has 1 aromatic rings. The number of ether oxygens (including phenoxy) is 1. The van der Waals surface area contributed by atoms with E-state index in [1.165, 1.54) is 36.0 Å². The van der Waals surface area contributed by atoms with E-state index in [-0.39, 0.29) is 17.9 Å². The Morgan fingerprint density at radius 1 is 1.13 bits per heavy atom. The molecule has 2 rings (SSSR count). The van der Waals surface area contributed by atoms with Crippen molar-refractivity contribution in [1.29, 1.82) is 0 Å².